The molecule has 0 aliphatic carbocycles. The molecule has 0 radical (unpaired) electrons. The van der Waals surface area contributed by atoms with Gasteiger partial charge >= 0.3 is 12.1 Å². The van der Waals surface area contributed by atoms with E-state index in [4.69, 9.17) is 14.0 Å². The minimum atomic E-state index is -4.39. The maximum atomic E-state index is 12.8. The molecular weight excluding hydrogens is 461 g/mol. The molecule has 0 aliphatic rings. The van der Waals surface area contributed by atoms with Gasteiger partial charge in [0.1, 0.15) is 17.2 Å². The highest BCUT2D eigenvalue weighted by atomic mass is 19.4. The number of hydrogen-bond acceptors (Lipinski definition) is 6. The van der Waals surface area contributed by atoms with Crippen LogP contribution in [0.1, 0.15) is 49.3 Å². The molecule has 0 saturated carbocycles. The van der Waals surface area contributed by atoms with Gasteiger partial charge in [0.2, 0.25) is 0 Å². The van der Waals surface area contributed by atoms with Crippen LogP contribution in [-0.2, 0) is 22.1 Å². The van der Waals surface area contributed by atoms with Crippen LogP contribution in [0.2, 0.25) is 0 Å². The van der Waals surface area contributed by atoms with Crippen molar-refractivity contribution >= 4 is 5.97 Å². The molecule has 1 unspecified atom stereocenters. The quantitative estimate of drug-likeness (QED) is 0.377. The lowest BCUT2D eigenvalue weighted by atomic mass is 9.99. The Morgan fingerprint density at radius 3 is 2.37 bits per heavy atom. The summed E-state index contributed by atoms with van der Waals surface area (Å²) in [6.45, 7) is 7.23. The van der Waals surface area contributed by atoms with E-state index < -0.39 is 23.3 Å². The zero-order chi connectivity index (χ0) is 25.8. The van der Waals surface area contributed by atoms with E-state index in [2.05, 4.69) is 10.5 Å². The number of halogens is 3. The van der Waals surface area contributed by atoms with E-state index >= 15 is 0 Å². The van der Waals surface area contributed by atoms with E-state index in [1.807, 2.05) is 32.2 Å². The Morgan fingerprint density at radius 1 is 1.11 bits per heavy atom. The highest BCUT2D eigenvalue weighted by Crippen LogP contribution is 2.32. The molecule has 1 aromatic heterocycles. The van der Waals surface area contributed by atoms with Crippen LogP contribution in [0.3, 0.4) is 0 Å². The van der Waals surface area contributed by atoms with Gasteiger partial charge in [0.05, 0.1) is 12.2 Å². The molecule has 0 bridgehead atoms. The Morgan fingerprint density at radius 2 is 1.80 bits per heavy atom. The number of carbonyl (C=O) groups is 1. The third-order valence-corrected chi connectivity index (χ3v) is 5.55. The average molecular weight is 491 g/mol. The summed E-state index contributed by atoms with van der Waals surface area (Å²) < 4.78 is 54.9. The van der Waals surface area contributed by atoms with Crippen molar-refractivity contribution in [1.82, 2.24) is 10.5 Å². The first kappa shape index (κ1) is 26.3. The van der Waals surface area contributed by atoms with Crippen molar-refractivity contribution < 1.29 is 32.0 Å². The molecule has 1 N–H and O–H groups in total. The number of hydrogen-bond donors (Lipinski definition) is 1. The predicted molar refractivity (Wildman–Crippen MR) is 125 cm³/mol. The van der Waals surface area contributed by atoms with Gasteiger partial charge in [-0.3, -0.25) is 0 Å². The summed E-state index contributed by atoms with van der Waals surface area (Å²) >= 11 is 0. The molecule has 1 atom stereocenters. The van der Waals surface area contributed by atoms with Gasteiger partial charge < -0.3 is 19.3 Å². The predicted octanol–water partition coefficient (Wildman–Crippen LogP) is 5.89. The lowest BCUT2D eigenvalue weighted by molar-refractivity contribution is -0.158. The third-order valence-electron chi connectivity index (χ3n) is 5.55. The van der Waals surface area contributed by atoms with Crippen LogP contribution in [0.15, 0.2) is 53.1 Å². The number of aryl methyl sites for hydroxylation is 1. The fourth-order valence-corrected chi connectivity index (χ4v) is 3.59. The minimum absolute atomic E-state index is 0.116. The number of nitrogens with zero attached hydrogens (tertiary/aromatic N) is 1. The molecule has 3 rings (SSSR count). The summed E-state index contributed by atoms with van der Waals surface area (Å²) in [7, 11) is 1.82. The topological polar surface area (TPSA) is 73.6 Å². The summed E-state index contributed by atoms with van der Waals surface area (Å²) in [6.07, 6.45) is -3.92. The van der Waals surface area contributed by atoms with Gasteiger partial charge in [-0.05, 0) is 64.1 Å². The average Bonchev–Trinajstić information content (AvgIpc) is 3.27. The molecule has 0 amide bonds. The fraction of sp³-hybridized carbons (Fsp3) is 0.385. The van der Waals surface area contributed by atoms with Crippen molar-refractivity contribution in [2.24, 2.45) is 0 Å². The summed E-state index contributed by atoms with van der Waals surface area (Å²) in [6, 6.07) is 12.1. The molecule has 9 heteroatoms. The van der Waals surface area contributed by atoms with Gasteiger partial charge in [-0.25, -0.2) is 4.79 Å². The van der Waals surface area contributed by atoms with Crippen LogP contribution in [0.5, 0.6) is 5.75 Å². The van der Waals surface area contributed by atoms with E-state index in [1.54, 1.807) is 26.8 Å². The monoisotopic (exact) mass is 490 g/mol. The molecule has 35 heavy (non-hydrogen) atoms. The summed E-state index contributed by atoms with van der Waals surface area (Å²) in [4.78, 5) is 12.1. The second kappa shape index (κ2) is 10.5. The number of ether oxygens (including phenoxy) is 2. The minimum Gasteiger partial charge on any atom is -0.476 e. The lowest BCUT2D eigenvalue weighted by Gasteiger charge is -2.25. The zero-order valence-corrected chi connectivity index (χ0v) is 20.3. The highest BCUT2D eigenvalue weighted by molar-refractivity contribution is 5.79. The number of carbonyl (C=O) groups excluding carboxylic acids is 1. The van der Waals surface area contributed by atoms with Crippen LogP contribution in [0.4, 0.5) is 13.2 Å². The second-order valence-electron chi connectivity index (χ2n) is 8.66. The lowest BCUT2D eigenvalue weighted by Crippen LogP contribution is -2.39. The molecule has 0 fully saturated rings. The molecule has 188 valence electrons. The van der Waals surface area contributed by atoms with Gasteiger partial charge in [-0.2, -0.15) is 13.2 Å². The Balaban J connectivity index is 1.73. The number of aromatic nitrogens is 1. The normalized spacial score (nSPS) is 12.9. The number of esters is 1. The third kappa shape index (κ3) is 6.42. The first-order valence-corrected chi connectivity index (χ1v) is 11.2. The first-order valence-electron chi connectivity index (χ1n) is 11.2. The number of nitrogens with one attached hydrogen (secondary N) is 1. The van der Waals surface area contributed by atoms with E-state index in [0.717, 1.165) is 23.3 Å². The van der Waals surface area contributed by atoms with E-state index in [-0.39, 0.29) is 12.6 Å². The number of benzene rings is 2. The number of rotatable bonds is 9. The highest BCUT2D eigenvalue weighted by Gasteiger charge is 2.32. The van der Waals surface area contributed by atoms with Crippen LogP contribution < -0.4 is 10.1 Å². The van der Waals surface area contributed by atoms with Gasteiger partial charge in [-0.15, -0.1) is 0 Å². The molecule has 1 heterocycles. The SMILES string of the molecule is CCOC(=O)C(C)(C)Oc1ccc(C(Cc2cc(-c3ccc(C(F)(F)F)cc3)no2)NC)cc1C. The van der Waals surface area contributed by atoms with Crippen molar-refractivity contribution in [3.8, 4) is 17.0 Å². The van der Waals surface area contributed by atoms with Crippen LogP contribution in [-0.4, -0.2) is 30.4 Å². The van der Waals surface area contributed by atoms with Crippen molar-refractivity contribution in [3.63, 3.8) is 0 Å². The molecule has 0 spiro atoms. The van der Waals surface area contributed by atoms with Gasteiger partial charge in [-0.1, -0.05) is 29.4 Å². The fourth-order valence-electron chi connectivity index (χ4n) is 3.59. The van der Waals surface area contributed by atoms with Crippen molar-refractivity contribution in [3.05, 3.63) is 71.0 Å². The molecule has 2 aromatic carbocycles. The van der Waals surface area contributed by atoms with Gasteiger partial charge in [0, 0.05) is 24.1 Å². The maximum Gasteiger partial charge on any atom is 0.416 e. The smallest absolute Gasteiger partial charge is 0.416 e. The number of likely N-dealkylation sites (N-methyl/N-ethyl adjacent to an activating group) is 1. The Labute approximate surface area is 202 Å². The Kier molecular flexibility index (Phi) is 7.90. The first-order chi connectivity index (χ1) is 16.4. The number of alkyl halides is 3. The Bertz CT molecular complexity index is 1150. The second-order valence-corrected chi connectivity index (χ2v) is 8.66. The van der Waals surface area contributed by atoms with E-state index in [9.17, 15) is 18.0 Å². The molecule has 0 aliphatic heterocycles. The van der Waals surface area contributed by atoms with Crippen LogP contribution in [0, 0.1) is 6.92 Å². The summed E-state index contributed by atoms with van der Waals surface area (Å²) in [5, 5.41) is 7.26. The Hall–Kier alpha value is -3.33. The molecular formula is C26H29F3N2O4. The standard InChI is InChI=1S/C26H29F3N2O4/c1-6-33-24(32)25(3,4)34-23-12-9-18(13-16(23)2)21(30-5)14-20-15-22(31-35-20)17-7-10-19(11-8-17)26(27,28)29/h7-13,15,21,30H,6,14H2,1-5H3. The van der Waals surface area contributed by atoms with Crippen LogP contribution in [0.25, 0.3) is 11.3 Å². The van der Waals surface area contributed by atoms with Crippen LogP contribution >= 0.6 is 0 Å². The van der Waals surface area contributed by atoms with Gasteiger partial charge in [0.25, 0.3) is 0 Å². The summed E-state index contributed by atoms with van der Waals surface area (Å²) in [5.41, 5.74) is 0.981. The zero-order valence-electron chi connectivity index (χ0n) is 20.3. The largest absolute Gasteiger partial charge is 0.476 e. The van der Waals surface area contributed by atoms with E-state index in [1.165, 1.54) is 12.1 Å². The van der Waals surface area contributed by atoms with Gasteiger partial charge in [0.15, 0.2) is 5.60 Å². The van der Waals surface area contributed by atoms with Crippen molar-refractivity contribution in [2.45, 2.75) is 51.9 Å². The molecule has 3 aromatic rings. The van der Waals surface area contributed by atoms with E-state index in [0.29, 0.717) is 29.2 Å². The maximum absolute atomic E-state index is 12.8. The van der Waals surface area contributed by atoms with Crippen molar-refractivity contribution in [1.29, 1.82) is 0 Å². The van der Waals surface area contributed by atoms with Crippen molar-refractivity contribution in [2.75, 3.05) is 13.7 Å². The summed E-state index contributed by atoms with van der Waals surface area (Å²) in [5.74, 6) is 0.720. The molecule has 0 saturated heterocycles. The molecule has 6 nitrogen and oxygen atoms in total.